The minimum atomic E-state index is -0.503. The van der Waals surface area contributed by atoms with Crippen LogP contribution in [0.4, 0.5) is 0 Å². The Morgan fingerprint density at radius 1 is 1.06 bits per heavy atom. The average Bonchev–Trinajstić information content (AvgIpc) is 3.71. The van der Waals surface area contributed by atoms with Crippen LogP contribution in [0.5, 0.6) is 5.75 Å². The smallest absolute Gasteiger partial charge is 0.254 e. The second kappa shape index (κ2) is 11.0. The van der Waals surface area contributed by atoms with E-state index in [1.807, 2.05) is 43.3 Å². The largest absolute Gasteiger partial charge is 0.497 e. The Bertz CT molecular complexity index is 972. The third-order valence-corrected chi connectivity index (χ3v) is 6.89. The highest BCUT2D eigenvalue weighted by molar-refractivity contribution is 5.97. The van der Waals surface area contributed by atoms with Crippen molar-refractivity contribution in [3.05, 3.63) is 65.2 Å². The number of benzene rings is 2. The molecule has 2 amide bonds. The molecule has 0 radical (unpaired) electrons. The molecule has 34 heavy (non-hydrogen) atoms. The molecule has 1 aliphatic heterocycles. The van der Waals surface area contributed by atoms with Gasteiger partial charge in [0, 0.05) is 43.8 Å². The molecule has 1 unspecified atom stereocenters. The van der Waals surface area contributed by atoms with E-state index >= 15 is 0 Å². The molecule has 1 saturated heterocycles. The summed E-state index contributed by atoms with van der Waals surface area (Å²) in [5, 5.41) is 2.92. The standard InChI is InChI=1S/C27H36N4O3/c1-19-3-7-21(8-4-19)27(33)30-16-13-23(17-25(30)26(32)29-15-14-28)31(22-9-10-22)18-20-5-11-24(34-2)12-6-20/h3-8,11-12,22-23,25H,9-10,13-18,28H2,1-2H3,(H,29,32)/t23?,25-/m1/s1. The third kappa shape index (κ3) is 5.77. The molecule has 182 valence electrons. The van der Waals surface area contributed by atoms with Gasteiger partial charge in [-0.15, -0.1) is 0 Å². The van der Waals surface area contributed by atoms with E-state index in [1.165, 1.54) is 18.4 Å². The summed E-state index contributed by atoms with van der Waals surface area (Å²) < 4.78 is 5.30. The minimum absolute atomic E-state index is 0.0838. The summed E-state index contributed by atoms with van der Waals surface area (Å²) in [4.78, 5) is 30.8. The van der Waals surface area contributed by atoms with Gasteiger partial charge in [0.2, 0.25) is 5.91 Å². The van der Waals surface area contributed by atoms with Gasteiger partial charge in [-0.05, 0) is 62.4 Å². The normalized spacial score (nSPS) is 20.3. The SMILES string of the molecule is COc1ccc(CN(C2CC2)C2CCN(C(=O)c3ccc(C)cc3)[C@@H](C(=O)NCCN)C2)cc1. The van der Waals surface area contributed by atoms with E-state index in [-0.39, 0.29) is 17.9 Å². The quantitative estimate of drug-likeness (QED) is 0.596. The lowest BCUT2D eigenvalue weighted by Crippen LogP contribution is -2.57. The molecular weight excluding hydrogens is 428 g/mol. The molecule has 4 rings (SSSR count). The van der Waals surface area contributed by atoms with Crippen molar-refractivity contribution in [2.75, 3.05) is 26.7 Å². The predicted molar refractivity (Wildman–Crippen MR) is 133 cm³/mol. The Hall–Kier alpha value is -2.90. The molecule has 2 aromatic rings. The summed E-state index contributed by atoms with van der Waals surface area (Å²) in [6.07, 6.45) is 3.84. The Labute approximate surface area is 202 Å². The fraction of sp³-hybridized carbons (Fsp3) is 0.481. The number of hydrogen-bond donors (Lipinski definition) is 2. The zero-order chi connectivity index (χ0) is 24.1. The topological polar surface area (TPSA) is 87.9 Å². The molecule has 3 N–H and O–H groups in total. The summed E-state index contributed by atoms with van der Waals surface area (Å²) in [5.41, 5.74) is 8.58. The van der Waals surface area contributed by atoms with Crippen LogP contribution in [-0.2, 0) is 11.3 Å². The van der Waals surface area contributed by atoms with E-state index < -0.39 is 6.04 Å². The van der Waals surface area contributed by atoms with Gasteiger partial charge in [0.05, 0.1) is 7.11 Å². The van der Waals surface area contributed by atoms with Crippen molar-refractivity contribution < 1.29 is 14.3 Å². The maximum Gasteiger partial charge on any atom is 0.254 e. The van der Waals surface area contributed by atoms with Crippen molar-refractivity contribution in [2.45, 2.75) is 57.3 Å². The number of hydrogen-bond acceptors (Lipinski definition) is 5. The molecule has 1 heterocycles. The van der Waals surface area contributed by atoms with E-state index in [9.17, 15) is 9.59 Å². The van der Waals surface area contributed by atoms with E-state index in [4.69, 9.17) is 10.5 Å². The number of carbonyl (C=O) groups excluding carboxylic acids is 2. The second-order valence-electron chi connectivity index (χ2n) is 9.39. The van der Waals surface area contributed by atoms with Gasteiger partial charge in [-0.2, -0.15) is 0 Å². The number of amides is 2. The van der Waals surface area contributed by atoms with Crippen LogP contribution in [-0.4, -0.2) is 66.5 Å². The number of aryl methyl sites for hydroxylation is 1. The molecule has 0 spiro atoms. The number of ether oxygens (including phenoxy) is 1. The first kappa shape index (κ1) is 24.2. The number of nitrogens with one attached hydrogen (secondary N) is 1. The van der Waals surface area contributed by atoms with Crippen molar-refractivity contribution in [1.82, 2.24) is 15.1 Å². The van der Waals surface area contributed by atoms with Crippen LogP contribution in [0.25, 0.3) is 0 Å². The number of carbonyl (C=O) groups is 2. The first-order valence-corrected chi connectivity index (χ1v) is 12.2. The number of rotatable bonds is 9. The lowest BCUT2D eigenvalue weighted by Gasteiger charge is -2.43. The van der Waals surface area contributed by atoms with Crippen LogP contribution in [0, 0.1) is 6.92 Å². The number of piperidine rings is 1. The van der Waals surface area contributed by atoms with E-state index in [0.717, 1.165) is 24.3 Å². The second-order valence-corrected chi connectivity index (χ2v) is 9.39. The fourth-order valence-corrected chi connectivity index (χ4v) is 4.82. The van der Waals surface area contributed by atoms with Crippen LogP contribution in [0.1, 0.15) is 47.2 Å². The summed E-state index contributed by atoms with van der Waals surface area (Å²) in [6.45, 7) is 4.18. The number of nitrogens with zero attached hydrogens (tertiary/aromatic N) is 2. The van der Waals surface area contributed by atoms with Gasteiger partial charge >= 0.3 is 0 Å². The van der Waals surface area contributed by atoms with Gasteiger partial charge < -0.3 is 20.7 Å². The van der Waals surface area contributed by atoms with Crippen LogP contribution >= 0.6 is 0 Å². The van der Waals surface area contributed by atoms with Gasteiger partial charge in [0.15, 0.2) is 0 Å². The van der Waals surface area contributed by atoms with Crippen LogP contribution in [0.3, 0.4) is 0 Å². The first-order chi connectivity index (χ1) is 16.5. The Morgan fingerprint density at radius 3 is 2.38 bits per heavy atom. The molecule has 7 heteroatoms. The summed E-state index contributed by atoms with van der Waals surface area (Å²) >= 11 is 0. The van der Waals surface area contributed by atoms with Crippen molar-refractivity contribution in [1.29, 1.82) is 0 Å². The average molecular weight is 465 g/mol. The summed E-state index contributed by atoms with van der Waals surface area (Å²) in [5.74, 6) is 0.650. The summed E-state index contributed by atoms with van der Waals surface area (Å²) in [6, 6.07) is 16.0. The zero-order valence-electron chi connectivity index (χ0n) is 20.2. The van der Waals surface area contributed by atoms with Crippen LogP contribution in [0.2, 0.25) is 0 Å². The van der Waals surface area contributed by atoms with Gasteiger partial charge in [-0.25, -0.2) is 0 Å². The Morgan fingerprint density at radius 2 is 1.76 bits per heavy atom. The molecule has 7 nitrogen and oxygen atoms in total. The Kier molecular flexibility index (Phi) is 7.85. The molecular formula is C27H36N4O3. The number of nitrogens with two attached hydrogens (primary N) is 1. The van der Waals surface area contributed by atoms with Gasteiger partial charge in [-0.1, -0.05) is 29.8 Å². The predicted octanol–water partition coefficient (Wildman–Crippen LogP) is 2.72. The van der Waals surface area contributed by atoms with Gasteiger partial charge in [0.1, 0.15) is 11.8 Å². The first-order valence-electron chi connectivity index (χ1n) is 12.2. The molecule has 1 aliphatic carbocycles. The van der Waals surface area contributed by atoms with E-state index in [2.05, 4.69) is 22.3 Å². The maximum atomic E-state index is 13.4. The van der Waals surface area contributed by atoms with Crippen molar-refractivity contribution in [3.8, 4) is 5.75 Å². The third-order valence-electron chi connectivity index (χ3n) is 6.89. The molecule has 0 aromatic heterocycles. The zero-order valence-corrected chi connectivity index (χ0v) is 20.2. The van der Waals surface area contributed by atoms with E-state index in [1.54, 1.807) is 12.0 Å². The van der Waals surface area contributed by atoms with Crippen molar-refractivity contribution in [3.63, 3.8) is 0 Å². The minimum Gasteiger partial charge on any atom is -0.497 e. The maximum absolute atomic E-state index is 13.4. The van der Waals surface area contributed by atoms with Gasteiger partial charge in [-0.3, -0.25) is 14.5 Å². The highest BCUT2D eigenvalue weighted by Crippen LogP contribution is 2.35. The number of likely N-dealkylation sites (tertiary alicyclic amines) is 1. The molecule has 2 atom stereocenters. The van der Waals surface area contributed by atoms with Crippen molar-refractivity contribution >= 4 is 11.8 Å². The number of methoxy groups -OCH3 is 1. The van der Waals surface area contributed by atoms with Crippen LogP contribution < -0.4 is 15.8 Å². The molecule has 2 aliphatic rings. The monoisotopic (exact) mass is 464 g/mol. The molecule has 0 bridgehead atoms. The van der Waals surface area contributed by atoms with E-state index in [0.29, 0.717) is 37.7 Å². The molecule has 2 fully saturated rings. The molecule has 2 aromatic carbocycles. The van der Waals surface area contributed by atoms with Crippen molar-refractivity contribution in [2.24, 2.45) is 5.73 Å². The highest BCUT2D eigenvalue weighted by atomic mass is 16.5. The van der Waals surface area contributed by atoms with Gasteiger partial charge in [0.25, 0.3) is 5.91 Å². The fourth-order valence-electron chi connectivity index (χ4n) is 4.82. The molecule has 1 saturated carbocycles. The lowest BCUT2D eigenvalue weighted by molar-refractivity contribution is -0.127. The summed E-state index contributed by atoms with van der Waals surface area (Å²) in [7, 11) is 1.67. The Balaban J connectivity index is 1.52. The lowest BCUT2D eigenvalue weighted by atomic mass is 9.93. The van der Waals surface area contributed by atoms with Crippen LogP contribution in [0.15, 0.2) is 48.5 Å². The highest BCUT2D eigenvalue weighted by Gasteiger charge is 2.42.